The van der Waals surface area contributed by atoms with Crippen molar-refractivity contribution in [2.45, 2.75) is 0 Å². The molecule has 8 heteroatoms. The van der Waals surface area contributed by atoms with Crippen LogP contribution in [0.1, 0.15) is 10.5 Å². The van der Waals surface area contributed by atoms with Crippen LogP contribution in [0.3, 0.4) is 0 Å². The molecule has 2 N–H and O–H groups in total. The summed E-state index contributed by atoms with van der Waals surface area (Å²) in [6.45, 7) is 0. The largest absolute Gasteiger partial charge is 0.305 e. The van der Waals surface area contributed by atoms with Crippen LogP contribution in [0.25, 0.3) is 10.9 Å². The van der Waals surface area contributed by atoms with Gasteiger partial charge in [-0.1, -0.05) is 29.3 Å². The highest BCUT2D eigenvalue weighted by Gasteiger charge is 2.17. The van der Waals surface area contributed by atoms with E-state index in [1.165, 1.54) is 18.3 Å². The zero-order valence-corrected chi connectivity index (χ0v) is 12.4. The lowest BCUT2D eigenvalue weighted by atomic mass is 10.2. The van der Waals surface area contributed by atoms with Crippen molar-refractivity contribution in [3.05, 3.63) is 62.5 Å². The first-order chi connectivity index (χ1) is 10.6. The van der Waals surface area contributed by atoms with Gasteiger partial charge in [-0.15, -0.1) is 0 Å². The minimum atomic E-state index is -0.659. The Morgan fingerprint density at radius 3 is 2.73 bits per heavy atom. The minimum absolute atomic E-state index is 0.181. The predicted octanol–water partition coefficient (Wildman–Crippen LogP) is 2.88. The molecule has 0 aliphatic carbocycles. The normalized spacial score (nSPS) is 10.6. The number of carbonyl (C=O) groups excluding carboxylic acids is 1. The summed E-state index contributed by atoms with van der Waals surface area (Å²) in [7, 11) is 0. The van der Waals surface area contributed by atoms with Crippen LogP contribution in [0, 0.1) is 0 Å². The Balaban J connectivity index is 2.05. The van der Waals surface area contributed by atoms with Crippen molar-refractivity contribution in [2.24, 2.45) is 0 Å². The molecule has 0 aliphatic heterocycles. The molecule has 0 saturated carbocycles. The Morgan fingerprint density at radius 2 is 2.00 bits per heavy atom. The van der Waals surface area contributed by atoms with E-state index in [-0.39, 0.29) is 26.6 Å². The first kappa shape index (κ1) is 14.5. The second-order valence-electron chi connectivity index (χ2n) is 4.35. The van der Waals surface area contributed by atoms with Crippen molar-refractivity contribution in [2.75, 3.05) is 5.32 Å². The van der Waals surface area contributed by atoms with Crippen LogP contribution in [0.4, 0.5) is 5.82 Å². The number of halogens is 2. The van der Waals surface area contributed by atoms with E-state index in [1.54, 1.807) is 18.2 Å². The quantitative estimate of drug-likeness (QED) is 0.754. The molecule has 110 valence electrons. The van der Waals surface area contributed by atoms with Crippen LogP contribution in [-0.2, 0) is 0 Å². The topological polar surface area (TPSA) is 87.7 Å². The van der Waals surface area contributed by atoms with Crippen LogP contribution in [-0.4, -0.2) is 21.1 Å². The van der Waals surface area contributed by atoms with Gasteiger partial charge in [0.1, 0.15) is 5.82 Å². The number of aromatic nitrogens is 3. The second kappa shape index (κ2) is 5.75. The molecular formula is C14H8Cl2N4O2. The van der Waals surface area contributed by atoms with Crippen molar-refractivity contribution in [1.82, 2.24) is 15.2 Å². The molecule has 1 amide bonds. The van der Waals surface area contributed by atoms with Gasteiger partial charge in [-0.05, 0) is 24.3 Å². The fourth-order valence-electron chi connectivity index (χ4n) is 1.91. The van der Waals surface area contributed by atoms with E-state index in [0.29, 0.717) is 5.82 Å². The maximum atomic E-state index is 12.4. The zero-order chi connectivity index (χ0) is 15.7. The lowest BCUT2D eigenvalue weighted by Crippen LogP contribution is -2.24. The summed E-state index contributed by atoms with van der Waals surface area (Å²) in [6.07, 6.45) is 1.52. The molecular weight excluding hydrogens is 327 g/mol. The van der Waals surface area contributed by atoms with Gasteiger partial charge in [-0.2, -0.15) is 5.10 Å². The molecule has 0 spiro atoms. The van der Waals surface area contributed by atoms with E-state index in [9.17, 15) is 9.59 Å². The average Bonchev–Trinajstić information content (AvgIpc) is 2.52. The van der Waals surface area contributed by atoms with Crippen LogP contribution < -0.4 is 10.7 Å². The number of benzene rings is 1. The predicted molar refractivity (Wildman–Crippen MR) is 84.6 cm³/mol. The minimum Gasteiger partial charge on any atom is -0.305 e. The molecule has 1 aromatic carbocycles. The van der Waals surface area contributed by atoms with Crippen molar-refractivity contribution < 1.29 is 4.79 Å². The maximum absolute atomic E-state index is 12.4. The maximum Gasteiger partial charge on any atom is 0.281 e. The molecule has 2 aromatic heterocycles. The van der Waals surface area contributed by atoms with Crippen LogP contribution in [0.15, 0.2) is 41.3 Å². The number of anilines is 1. The summed E-state index contributed by atoms with van der Waals surface area (Å²) in [5.41, 5.74) is -0.536. The first-order valence-corrected chi connectivity index (χ1v) is 6.92. The average molecular weight is 335 g/mol. The SMILES string of the molecule is O=C(Nc1ccccn1)c1n[nH]c2c(Cl)c(Cl)ccc2c1=O. The van der Waals surface area contributed by atoms with Crippen LogP contribution in [0.2, 0.25) is 10.0 Å². The number of fused-ring (bicyclic) bond motifs is 1. The van der Waals surface area contributed by atoms with E-state index in [2.05, 4.69) is 20.5 Å². The third-order valence-corrected chi connectivity index (χ3v) is 3.76. The smallest absolute Gasteiger partial charge is 0.281 e. The van der Waals surface area contributed by atoms with Gasteiger partial charge in [-0.3, -0.25) is 14.7 Å². The van der Waals surface area contributed by atoms with Gasteiger partial charge < -0.3 is 5.32 Å². The number of aromatic amines is 1. The Kier molecular flexibility index (Phi) is 3.79. The van der Waals surface area contributed by atoms with Crippen LogP contribution >= 0.6 is 23.2 Å². The molecule has 0 aliphatic rings. The number of amides is 1. The van der Waals surface area contributed by atoms with Gasteiger partial charge in [0.2, 0.25) is 5.43 Å². The number of rotatable bonds is 2. The first-order valence-electron chi connectivity index (χ1n) is 6.16. The number of nitrogens with one attached hydrogen (secondary N) is 2. The molecule has 3 rings (SSSR count). The third-order valence-electron chi connectivity index (χ3n) is 2.96. The van der Waals surface area contributed by atoms with Gasteiger partial charge in [0.15, 0.2) is 5.69 Å². The summed E-state index contributed by atoms with van der Waals surface area (Å²) in [5.74, 6) is -0.337. The fraction of sp³-hybridized carbons (Fsp3) is 0. The van der Waals surface area contributed by atoms with Crippen LogP contribution in [0.5, 0.6) is 0 Å². The Bertz CT molecular complexity index is 925. The number of H-pyrrole nitrogens is 1. The van der Waals surface area contributed by atoms with Gasteiger partial charge >= 0.3 is 0 Å². The van der Waals surface area contributed by atoms with E-state index >= 15 is 0 Å². The fourth-order valence-corrected chi connectivity index (χ4v) is 2.27. The number of hydrogen-bond acceptors (Lipinski definition) is 4. The molecule has 22 heavy (non-hydrogen) atoms. The van der Waals surface area contributed by atoms with Gasteiger partial charge in [0, 0.05) is 6.20 Å². The van der Waals surface area contributed by atoms with Gasteiger partial charge in [0.25, 0.3) is 5.91 Å². The van der Waals surface area contributed by atoms with E-state index in [0.717, 1.165) is 0 Å². The highest BCUT2D eigenvalue weighted by atomic mass is 35.5. The molecule has 0 saturated heterocycles. The van der Waals surface area contributed by atoms with E-state index < -0.39 is 11.3 Å². The Labute approximate surface area is 134 Å². The summed E-state index contributed by atoms with van der Waals surface area (Å²) in [4.78, 5) is 28.4. The number of carbonyl (C=O) groups is 1. The zero-order valence-electron chi connectivity index (χ0n) is 10.9. The number of nitrogens with zero attached hydrogens (tertiary/aromatic N) is 2. The Morgan fingerprint density at radius 1 is 1.18 bits per heavy atom. The van der Waals surface area contributed by atoms with Crippen molar-refractivity contribution in [3.8, 4) is 0 Å². The van der Waals surface area contributed by atoms with Crippen molar-refractivity contribution >= 4 is 45.8 Å². The number of hydrogen-bond donors (Lipinski definition) is 2. The molecule has 0 bridgehead atoms. The molecule has 2 heterocycles. The van der Waals surface area contributed by atoms with Gasteiger partial charge in [0.05, 0.1) is 20.9 Å². The van der Waals surface area contributed by atoms with E-state index in [1.807, 2.05) is 0 Å². The summed E-state index contributed by atoms with van der Waals surface area (Å²) >= 11 is 11.9. The van der Waals surface area contributed by atoms with Gasteiger partial charge in [-0.25, -0.2) is 4.98 Å². The molecule has 0 radical (unpaired) electrons. The standard InChI is InChI=1S/C14H8Cl2N4O2/c15-8-5-4-7-11(10(8)16)19-20-12(13(7)21)14(22)18-9-3-1-2-6-17-9/h1-6H,(H,19,21)(H,17,18,22). The summed E-state index contributed by atoms with van der Waals surface area (Å²) in [5, 5.41) is 9.57. The summed E-state index contributed by atoms with van der Waals surface area (Å²) < 4.78 is 0. The molecule has 6 nitrogen and oxygen atoms in total. The highest BCUT2D eigenvalue weighted by Crippen LogP contribution is 2.27. The lowest BCUT2D eigenvalue weighted by Gasteiger charge is -2.05. The molecule has 0 atom stereocenters. The van der Waals surface area contributed by atoms with Crippen molar-refractivity contribution in [1.29, 1.82) is 0 Å². The highest BCUT2D eigenvalue weighted by molar-refractivity contribution is 6.45. The second-order valence-corrected chi connectivity index (χ2v) is 5.14. The lowest BCUT2D eigenvalue weighted by molar-refractivity contribution is 0.102. The summed E-state index contributed by atoms with van der Waals surface area (Å²) in [6, 6.07) is 8.00. The molecule has 3 aromatic rings. The Hall–Kier alpha value is -2.44. The molecule has 0 unspecified atom stereocenters. The third kappa shape index (κ3) is 2.54. The number of pyridine rings is 1. The monoisotopic (exact) mass is 334 g/mol. The van der Waals surface area contributed by atoms with Crippen molar-refractivity contribution in [3.63, 3.8) is 0 Å². The van der Waals surface area contributed by atoms with E-state index in [4.69, 9.17) is 23.2 Å². The molecule has 0 fully saturated rings.